The molecule has 0 amide bonds. The Hall–Kier alpha value is -2.49. The first-order chi connectivity index (χ1) is 18.6. The van der Waals surface area contributed by atoms with E-state index >= 15 is 0 Å². The Bertz CT molecular complexity index is 890. The zero-order valence-electron chi connectivity index (χ0n) is 24.3. The maximum atomic E-state index is 11.3. The summed E-state index contributed by atoms with van der Waals surface area (Å²) in [7, 11) is 0. The van der Waals surface area contributed by atoms with E-state index in [1.807, 2.05) is 24.3 Å². The van der Waals surface area contributed by atoms with Crippen molar-refractivity contribution in [1.82, 2.24) is 0 Å². The van der Waals surface area contributed by atoms with Gasteiger partial charge in [-0.3, -0.25) is 0 Å². The zero-order chi connectivity index (χ0) is 27.4. The molecule has 0 aliphatic rings. The quantitative estimate of drug-likeness (QED) is 0.156. The summed E-state index contributed by atoms with van der Waals surface area (Å²) in [6, 6.07) is 13.1. The van der Waals surface area contributed by atoms with Gasteiger partial charge in [0.25, 0.3) is 0 Å². The van der Waals surface area contributed by atoms with Gasteiger partial charge in [0.15, 0.2) is 0 Å². The van der Waals surface area contributed by atoms with E-state index in [4.69, 9.17) is 9.47 Å². The molecule has 0 saturated heterocycles. The molecule has 2 aromatic rings. The normalized spacial score (nSPS) is 11.9. The highest BCUT2D eigenvalue weighted by Gasteiger charge is 2.14. The molecule has 2 aromatic carbocycles. The van der Waals surface area contributed by atoms with Gasteiger partial charge in [-0.25, -0.2) is 4.79 Å². The Kier molecular flexibility index (Phi) is 16.3. The molecule has 0 bridgehead atoms. The largest absolute Gasteiger partial charge is 0.493 e. The molecular weight excluding hydrogens is 472 g/mol. The van der Waals surface area contributed by atoms with Crippen molar-refractivity contribution >= 4 is 5.97 Å². The molecule has 0 spiro atoms. The van der Waals surface area contributed by atoms with Gasteiger partial charge in [0.1, 0.15) is 11.5 Å². The lowest BCUT2D eigenvalue weighted by atomic mass is 10.0. The summed E-state index contributed by atoms with van der Waals surface area (Å²) in [6.07, 6.45) is 20.0. The highest BCUT2D eigenvalue weighted by Crippen LogP contribution is 2.35. The zero-order valence-corrected chi connectivity index (χ0v) is 24.3. The maximum Gasteiger partial charge on any atom is 0.335 e. The van der Waals surface area contributed by atoms with Crippen LogP contribution in [-0.2, 0) is 0 Å². The van der Waals surface area contributed by atoms with E-state index in [2.05, 4.69) is 26.8 Å². The Morgan fingerprint density at radius 2 is 1.29 bits per heavy atom. The summed E-state index contributed by atoms with van der Waals surface area (Å²) >= 11 is 0. The van der Waals surface area contributed by atoms with Gasteiger partial charge >= 0.3 is 5.97 Å². The monoisotopic (exact) mass is 524 g/mol. The van der Waals surface area contributed by atoms with Gasteiger partial charge in [0.2, 0.25) is 0 Å². The topological polar surface area (TPSA) is 55.8 Å². The minimum atomic E-state index is -0.915. The second-order valence-corrected chi connectivity index (χ2v) is 10.6. The maximum absolute atomic E-state index is 11.3. The molecular formula is C34H52O4. The molecule has 0 saturated carbocycles. The van der Waals surface area contributed by atoms with Crippen LogP contribution >= 0.6 is 0 Å². The molecule has 1 atom stereocenters. The SMILES string of the molecule is CCCCCCCCCCC(CCCC)Oc1ccc(-c2ccc(C(=O)O)cc2)c(OCCCCCC)c1. The lowest BCUT2D eigenvalue weighted by Crippen LogP contribution is -2.16. The van der Waals surface area contributed by atoms with Crippen molar-refractivity contribution in [2.75, 3.05) is 6.61 Å². The van der Waals surface area contributed by atoms with Gasteiger partial charge in [0, 0.05) is 11.6 Å². The summed E-state index contributed by atoms with van der Waals surface area (Å²) in [5.74, 6) is 0.755. The van der Waals surface area contributed by atoms with E-state index in [1.165, 1.54) is 77.0 Å². The van der Waals surface area contributed by atoms with Crippen LogP contribution in [0.4, 0.5) is 0 Å². The van der Waals surface area contributed by atoms with Crippen LogP contribution in [0.5, 0.6) is 11.5 Å². The van der Waals surface area contributed by atoms with Crippen molar-refractivity contribution in [3.8, 4) is 22.6 Å². The highest BCUT2D eigenvalue weighted by atomic mass is 16.5. The van der Waals surface area contributed by atoms with Gasteiger partial charge in [-0.1, -0.05) is 110 Å². The predicted molar refractivity (Wildman–Crippen MR) is 160 cm³/mol. The Labute approximate surface area is 232 Å². The number of carboxylic acids is 1. The number of benzene rings is 2. The molecule has 0 aliphatic heterocycles. The van der Waals surface area contributed by atoms with Crippen LogP contribution in [0.15, 0.2) is 42.5 Å². The number of ether oxygens (including phenoxy) is 2. The average molecular weight is 525 g/mol. The third-order valence-corrected chi connectivity index (χ3v) is 7.21. The molecule has 0 aliphatic carbocycles. The molecule has 0 heterocycles. The van der Waals surface area contributed by atoms with Crippen molar-refractivity contribution in [2.24, 2.45) is 0 Å². The van der Waals surface area contributed by atoms with Gasteiger partial charge < -0.3 is 14.6 Å². The van der Waals surface area contributed by atoms with Crippen LogP contribution in [0.1, 0.15) is 134 Å². The summed E-state index contributed by atoms with van der Waals surface area (Å²) in [4.78, 5) is 11.3. The lowest BCUT2D eigenvalue weighted by Gasteiger charge is -2.21. The van der Waals surface area contributed by atoms with Gasteiger partial charge in [-0.15, -0.1) is 0 Å². The van der Waals surface area contributed by atoms with Crippen LogP contribution in [0.3, 0.4) is 0 Å². The van der Waals surface area contributed by atoms with Crippen molar-refractivity contribution in [3.05, 3.63) is 48.0 Å². The number of aromatic carboxylic acids is 1. The Balaban J connectivity index is 2.06. The Morgan fingerprint density at radius 1 is 0.711 bits per heavy atom. The fourth-order valence-corrected chi connectivity index (χ4v) is 4.83. The first-order valence-corrected chi connectivity index (χ1v) is 15.4. The molecule has 0 aromatic heterocycles. The fraction of sp³-hybridized carbons (Fsp3) is 0.618. The molecule has 4 nitrogen and oxygen atoms in total. The molecule has 2 rings (SSSR count). The van der Waals surface area contributed by atoms with Crippen molar-refractivity contribution in [3.63, 3.8) is 0 Å². The van der Waals surface area contributed by atoms with Crippen LogP contribution in [0.2, 0.25) is 0 Å². The van der Waals surface area contributed by atoms with Crippen molar-refractivity contribution in [2.45, 2.75) is 130 Å². The second-order valence-electron chi connectivity index (χ2n) is 10.6. The summed E-state index contributed by atoms with van der Waals surface area (Å²) in [6.45, 7) is 7.39. The highest BCUT2D eigenvalue weighted by molar-refractivity contribution is 5.88. The number of rotatable bonds is 22. The number of unbranched alkanes of at least 4 members (excludes halogenated alkanes) is 11. The molecule has 1 unspecified atom stereocenters. The molecule has 0 fully saturated rings. The molecule has 212 valence electrons. The molecule has 1 N–H and O–H groups in total. The van der Waals surface area contributed by atoms with E-state index in [9.17, 15) is 9.90 Å². The number of hydrogen-bond acceptors (Lipinski definition) is 3. The van der Waals surface area contributed by atoms with Gasteiger partial charge in [-0.2, -0.15) is 0 Å². The van der Waals surface area contributed by atoms with Crippen LogP contribution in [-0.4, -0.2) is 23.8 Å². The van der Waals surface area contributed by atoms with E-state index in [1.54, 1.807) is 12.1 Å². The molecule has 0 radical (unpaired) electrons. The third-order valence-electron chi connectivity index (χ3n) is 7.21. The average Bonchev–Trinajstić information content (AvgIpc) is 2.93. The summed E-state index contributed by atoms with van der Waals surface area (Å²) in [5.41, 5.74) is 2.21. The van der Waals surface area contributed by atoms with Gasteiger partial charge in [0.05, 0.1) is 18.3 Å². The number of carboxylic acid groups (broad SMARTS) is 1. The first kappa shape index (κ1) is 31.7. The van der Waals surface area contributed by atoms with Crippen molar-refractivity contribution in [1.29, 1.82) is 0 Å². The van der Waals surface area contributed by atoms with Crippen LogP contribution < -0.4 is 9.47 Å². The molecule has 38 heavy (non-hydrogen) atoms. The van der Waals surface area contributed by atoms with E-state index < -0.39 is 5.97 Å². The first-order valence-electron chi connectivity index (χ1n) is 15.4. The van der Waals surface area contributed by atoms with Gasteiger partial charge in [-0.05, 0) is 55.5 Å². The van der Waals surface area contributed by atoms with E-state index in [0.717, 1.165) is 48.3 Å². The second kappa shape index (κ2) is 19.6. The van der Waals surface area contributed by atoms with E-state index in [-0.39, 0.29) is 11.7 Å². The minimum absolute atomic E-state index is 0.230. The lowest BCUT2D eigenvalue weighted by molar-refractivity contribution is 0.0697. The minimum Gasteiger partial charge on any atom is -0.493 e. The number of carbonyl (C=O) groups is 1. The fourth-order valence-electron chi connectivity index (χ4n) is 4.83. The summed E-state index contributed by atoms with van der Waals surface area (Å²) in [5, 5.41) is 9.26. The Morgan fingerprint density at radius 3 is 1.92 bits per heavy atom. The summed E-state index contributed by atoms with van der Waals surface area (Å²) < 4.78 is 12.8. The van der Waals surface area contributed by atoms with Crippen molar-refractivity contribution < 1.29 is 19.4 Å². The standard InChI is InChI=1S/C34H52O4/c1-4-7-10-12-13-14-15-16-19-30(18-9-6-3)38-31-24-25-32(28-20-22-29(23-21-28)34(35)36)33(27-31)37-26-17-11-8-5-2/h20-25,27,30H,4-19,26H2,1-3H3,(H,35,36). The van der Waals surface area contributed by atoms with E-state index in [0.29, 0.717) is 6.61 Å². The van der Waals surface area contributed by atoms with Crippen LogP contribution in [0, 0.1) is 0 Å². The molecule has 4 heteroatoms. The van der Waals surface area contributed by atoms with Crippen LogP contribution in [0.25, 0.3) is 11.1 Å². The number of hydrogen-bond donors (Lipinski definition) is 1. The predicted octanol–water partition coefficient (Wildman–Crippen LogP) is 10.5. The smallest absolute Gasteiger partial charge is 0.335 e. The third kappa shape index (κ3) is 12.4.